The molecule has 8 nitrogen and oxygen atoms in total. The van der Waals surface area contributed by atoms with Crippen molar-refractivity contribution in [2.45, 2.75) is 19.4 Å². The Hall–Kier alpha value is -3.03. The summed E-state index contributed by atoms with van der Waals surface area (Å²) in [7, 11) is 1.61. The van der Waals surface area contributed by atoms with Gasteiger partial charge in [-0.2, -0.15) is 5.10 Å². The molecule has 0 saturated carbocycles. The number of anilines is 1. The summed E-state index contributed by atoms with van der Waals surface area (Å²) >= 11 is 0. The highest BCUT2D eigenvalue weighted by molar-refractivity contribution is 5.92. The van der Waals surface area contributed by atoms with Crippen molar-refractivity contribution in [3.63, 3.8) is 0 Å². The molecule has 1 saturated heterocycles. The Morgan fingerprint density at radius 2 is 1.91 bits per heavy atom. The minimum absolute atomic E-state index is 0.372. The van der Waals surface area contributed by atoms with Gasteiger partial charge < -0.3 is 19.5 Å². The van der Waals surface area contributed by atoms with Gasteiger partial charge in [-0.05, 0) is 17.7 Å². The summed E-state index contributed by atoms with van der Waals surface area (Å²) in [6.45, 7) is 0.494. The van der Waals surface area contributed by atoms with Crippen LogP contribution in [0.2, 0.25) is 0 Å². The first-order valence-corrected chi connectivity index (χ1v) is 6.94. The number of ether oxygens (including phenoxy) is 3. The Kier molecular flexibility index (Phi) is 4.13. The van der Waals surface area contributed by atoms with Crippen LogP contribution < -0.4 is 10.1 Å². The van der Waals surface area contributed by atoms with Crippen LogP contribution in [0, 0.1) is 0 Å². The number of carbonyl (C=O) groups is 2. The number of cyclic esters (lactones) is 2. The van der Waals surface area contributed by atoms with Gasteiger partial charge >= 0.3 is 18.4 Å². The third kappa shape index (κ3) is 3.60. The van der Waals surface area contributed by atoms with Gasteiger partial charge in [0.05, 0.1) is 19.9 Å². The van der Waals surface area contributed by atoms with E-state index < -0.39 is 18.4 Å². The highest BCUT2D eigenvalue weighted by atomic mass is 16.7. The molecule has 1 aromatic carbocycles. The average molecular weight is 317 g/mol. The van der Waals surface area contributed by atoms with Crippen molar-refractivity contribution < 1.29 is 23.8 Å². The van der Waals surface area contributed by atoms with Gasteiger partial charge in [-0.25, -0.2) is 4.68 Å². The topological polar surface area (TPSA) is 91.7 Å². The molecule has 1 aliphatic rings. The maximum atomic E-state index is 11.3. The van der Waals surface area contributed by atoms with Gasteiger partial charge in [-0.15, -0.1) is 0 Å². The minimum Gasteiger partial charge on any atom is -0.497 e. The SMILES string of the molecule is COc1ccc(Cn2nccc2NC2OC(=O)CC(=O)O2)cc1. The first-order chi connectivity index (χ1) is 11.1. The summed E-state index contributed by atoms with van der Waals surface area (Å²) in [6, 6.07) is 9.25. The Bertz CT molecular complexity index is 694. The molecule has 23 heavy (non-hydrogen) atoms. The number of carbonyl (C=O) groups excluding carboxylic acids is 2. The zero-order chi connectivity index (χ0) is 16.2. The van der Waals surface area contributed by atoms with Crippen molar-refractivity contribution in [3.8, 4) is 5.75 Å². The monoisotopic (exact) mass is 317 g/mol. The van der Waals surface area contributed by atoms with Crippen LogP contribution in [-0.4, -0.2) is 35.2 Å². The number of benzene rings is 1. The van der Waals surface area contributed by atoms with E-state index in [1.807, 2.05) is 24.3 Å². The van der Waals surface area contributed by atoms with Crippen LogP contribution in [0.25, 0.3) is 0 Å². The van der Waals surface area contributed by atoms with Crippen LogP contribution in [0.1, 0.15) is 12.0 Å². The molecule has 0 radical (unpaired) electrons. The van der Waals surface area contributed by atoms with Crippen LogP contribution in [-0.2, 0) is 25.6 Å². The second kappa shape index (κ2) is 6.39. The quantitative estimate of drug-likeness (QED) is 0.652. The number of esters is 2. The zero-order valence-corrected chi connectivity index (χ0v) is 12.4. The molecule has 1 aliphatic heterocycles. The smallest absolute Gasteiger partial charge is 0.330 e. The van der Waals surface area contributed by atoms with Gasteiger partial charge in [0.2, 0.25) is 0 Å². The molecular weight excluding hydrogens is 302 g/mol. The Morgan fingerprint density at radius 3 is 2.57 bits per heavy atom. The lowest BCUT2D eigenvalue weighted by Crippen LogP contribution is -2.38. The molecular formula is C15H15N3O5. The van der Waals surface area contributed by atoms with Gasteiger partial charge in [0, 0.05) is 6.07 Å². The lowest BCUT2D eigenvalue weighted by molar-refractivity contribution is -0.197. The summed E-state index contributed by atoms with van der Waals surface area (Å²) in [6.07, 6.45) is 0.0804. The van der Waals surface area contributed by atoms with Crippen molar-refractivity contribution >= 4 is 17.8 Å². The molecule has 0 atom stereocenters. The van der Waals surface area contributed by atoms with Crippen molar-refractivity contribution in [1.29, 1.82) is 0 Å². The lowest BCUT2D eigenvalue weighted by atomic mass is 10.2. The van der Waals surface area contributed by atoms with Crippen molar-refractivity contribution in [1.82, 2.24) is 9.78 Å². The van der Waals surface area contributed by atoms with Crippen molar-refractivity contribution in [2.75, 3.05) is 12.4 Å². The van der Waals surface area contributed by atoms with E-state index in [4.69, 9.17) is 14.2 Å². The van der Waals surface area contributed by atoms with Crippen molar-refractivity contribution in [3.05, 3.63) is 42.1 Å². The third-order valence-electron chi connectivity index (χ3n) is 3.24. The minimum atomic E-state index is -1.14. The molecule has 2 heterocycles. The summed E-state index contributed by atoms with van der Waals surface area (Å²) in [5.41, 5.74) is 1.01. The van der Waals surface area contributed by atoms with E-state index in [0.717, 1.165) is 11.3 Å². The highest BCUT2D eigenvalue weighted by Gasteiger charge is 2.28. The molecule has 0 unspecified atom stereocenters. The fourth-order valence-electron chi connectivity index (χ4n) is 2.13. The molecule has 0 amide bonds. The average Bonchev–Trinajstić information content (AvgIpc) is 2.94. The molecule has 120 valence electrons. The summed E-state index contributed by atoms with van der Waals surface area (Å²) in [5, 5.41) is 7.02. The van der Waals surface area contributed by atoms with E-state index in [2.05, 4.69) is 10.4 Å². The predicted octanol–water partition coefficient (Wildman–Crippen LogP) is 1.13. The number of rotatable bonds is 5. The molecule has 1 fully saturated rings. The van der Waals surface area contributed by atoms with E-state index in [1.54, 1.807) is 24.1 Å². The van der Waals surface area contributed by atoms with Crippen LogP contribution >= 0.6 is 0 Å². The van der Waals surface area contributed by atoms with E-state index in [0.29, 0.717) is 12.4 Å². The first kappa shape index (κ1) is 14.9. The van der Waals surface area contributed by atoms with E-state index in [-0.39, 0.29) is 6.42 Å². The molecule has 8 heteroatoms. The van der Waals surface area contributed by atoms with Gasteiger partial charge in [0.15, 0.2) is 0 Å². The standard InChI is InChI=1S/C15H15N3O5/c1-21-11-4-2-10(3-5-11)9-18-12(6-7-16-18)17-15-22-13(19)8-14(20)23-15/h2-7,15,17H,8-9H2,1H3. The fraction of sp³-hybridized carbons (Fsp3) is 0.267. The second-order valence-corrected chi connectivity index (χ2v) is 4.85. The Labute approximate surface area is 131 Å². The van der Waals surface area contributed by atoms with Crippen LogP contribution in [0.4, 0.5) is 5.82 Å². The zero-order valence-electron chi connectivity index (χ0n) is 12.4. The lowest BCUT2D eigenvalue weighted by Gasteiger charge is -2.23. The number of hydrogen-bond acceptors (Lipinski definition) is 7. The molecule has 0 bridgehead atoms. The molecule has 2 aromatic rings. The number of hydrogen-bond donors (Lipinski definition) is 1. The predicted molar refractivity (Wildman–Crippen MR) is 78.5 cm³/mol. The van der Waals surface area contributed by atoms with E-state index in [9.17, 15) is 9.59 Å². The highest BCUT2D eigenvalue weighted by Crippen LogP contribution is 2.17. The first-order valence-electron chi connectivity index (χ1n) is 6.94. The van der Waals surface area contributed by atoms with Crippen LogP contribution in [0.5, 0.6) is 5.75 Å². The maximum Gasteiger partial charge on any atom is 0.330 e. The second-order valence-electron chi connectivity index (χ2n) is 4.85. The third-order valence-corrected chi connectivity index (χ3v) is 3.24. The van der Waals surface area contributed by atoms with Gasteiger partial charge in [0.25, 0.3) is 0 Å². The molecule has 0 spiro atoms. The molecule has 1 aromatic heterocycles. The summed E-state index contributed by atoms with van der Waals surface area (Å²) in [4.78, 5) is 22.5. The van der Waals surface area contributed by atoms with E-state index >= 15 is 0 Å². The van der Waals surface area contributed by atoms with Gasteiger partial charge in [0.1, 0.15) is 18.0 Å². The molecule has 1 N–H and O–H groups in total. The van der Waals surface area contributed by atoms with Crippen LogP contribution in [0.3, 0.4) is 0 Å². The number of nitrogens with zero attached hydrogens (tertiary/aromatic N) is 2. The largest absolute Gasteiger partial charge is 0.497 e. The normalized spacial score (nSPS) is 15.0. The van der Waals surface area contributed by atoms with Gasteiger partial charge in [-0.1, -0.05) is 12.1 Å². The Morgan fingerprint density at radius 1 is 1.22 bits per heavy atom. The number of methoxy groups -OCH3 is 1. The van der Waals surface area contributed by atoms with E-state index in [1.165, 1.54) is 0 Å². The molecule has 0 aliphatic carbocycles. The molecule has 3 rings (SSSR count). The van der Waals surface area contributed by atoms with Gasteiger partial charge in [-0.3, -0.25) is 9.59 Å². The summed E-state index contributed by atoms with van der Waals surface area (Å²) < 4.78 is 16.6. The van der Waals surface area contributed by atoms with Crippen molar-refractivity contribution in [2.24, 2.45) is 0 Å². The fourth-order valence-corrected chi connectivity index (χ4v) is 2.13. The number of nitrogens with one attached hydrogen (secondary N) is 1. The Balaban J connectivity index is 1.69. The maximum absolute atomic E-state index is 11.3. The van der Waals surface area contributed by atoms with Crippen LogP contribution in [0.15, 0.2) is 36.5 Å². The summed E-state index contributed by atoms with van der Waals surface area (Å²) in [5.74, 6) is 0.0850. The number of aromatic nitrogens is 2.